The smallest absolute Gasteiger partial charge is 0.0701 e. The zero-order chi connectivity index (χ0) is 9.97. The van der Waals surface area contributed by atoms with Gasteiger partial charge in [0.25, 0.3) is 0 Å². The van der Waals surface area contributed by atoms with Crippen LogP contribution < -0.4 is 0 Å². The molecule has 1 saturated heterocycles. The maximum Gasteiger partial charge on any atom is 0.0701 e. The lowest BCUT2D eigenvalue weighted by molar-refractivity contribution is 0.220. The normalized spacial score (nSPS) is 23.1. The molecule has 1 aliphatic heterocycles. The van der Waals surface area contributed by atoms with Crippen molar-refractivity contribution in [1.29, 1.82) is 0 Å². The second kappa shape index (κ2) is 4.75. The van der Waals surface area contributed by atoms with Gasteiger partial charge in [0.1, 0.15) is 0 Å². The number of aliphatic hydroxyl groups excluding tert-OH is 1. The monoisotopic (exact) mass is 275 g/mol. The van der Waals surface area contributed by atoms with E-state index in [0.29, 0.717) is 12.5 Å². The van der Waals surface area contributed by atoms with Crippen LogP contribution in [0.3, 0.4) is 0 Å². The van der Waals surface area contributed by atoms with Crippen molar-refractivity contribution in [2.75, 3.05) is 19.7 Å². The highest BCUT2D eigenvalue weighted by Gasteiger charge is 2.21. The van der Waals surface area contributed by atoms with Crippen LogP contribution in [0.15, 0.2) is 15.9 Å². The molecule has 1 N–H and O–H groups in total. The largest absolute Gasteiger partial charge is 0.396 e. The van der Waals surface area contributed by atoms with Crippen LogP contribution in [0.1, 0.15) is 11.3 Å². The van der Waals surface area contributed by atoms with Gasteiger partial charge in [-0.25, -0.2) is 0 Å². The first-order valence-corrected chi connectivity index (χ1v) is 6.46. The minimum atomic E-state index is 0.338. The quantitative estimate of drug-likeness (QED) is 0.916. The van der Waals surface area contributed by atoms with Crippen LogP contribution in [0, 0.1) is 5.92 Å². The molecular formula is C10H14BrNOS. The summed E-state index contributed by atoms with van der Waals surface area (Å²) >= 11 is 5.26. The Morgan fingerprint density at radius 3 is 3.00 bits per heavy atom. The van der Waals surface area contributed by atoms with Crippen molar-refractivity contribution in [1.82, 2.24) is 4.90 Å². The third-order valence-corrected chi connectivity index (χ3v) is 4.24. The summed E-state index contributed by atoms with van der Waals surface area (Å²) in [6.07, 6.45) is 1.14. The molecule has 0 aliphatic carbocycles. The number of thiophene rings is 1. The first-order chi connectivity index (χ1) is 6.78. The summed E-state index contributed by atoms with van der Waals surface area (Å²) in [5, 5.41) is 9.02. The first kappa shape index (κ1) is 10.6. The standard InChI is InChI=1S/C10H14BrNOS/c11-10-2-1-9(14-10)6-12-4-3-8(5-12)7-13/h1-2,8,13H,3-7H2. The summed E-state index contributed by atoms with van der Waals surface area (Å²) in [5.41, 5.74) is 0. The molecule has 2 heterocycles. The molecule has 0 spiro atoms. The van der Waals surface area contributed by atoms with Crippen LogP contribution in [0.25, 0.3) is 0 Å². The third kappa shape index (κ3) is 2.57. The number of hydrogen-bond acceptors (Lipinski definition) is 3. The van der Waals surface area contributed by atoms with Gasteiger partial charge in [-0.1, -0.05) is 0 Å². The Morgan fingerprint density at radius 1 is 1.57 bits per heavy atom. The maximum atomic E-state index is 9.02. The highest BCUT2D eigenvalue weighted by molar-refractivity contribution is 9.11. The van der Waals surface area contributed by atoms with Gasteiger partial charge in [-0.15, -0.1) is 11.3 Å². The summed E-state index contributed by atoms with van der Waals surface area (Å²) in [6.45, 7) is 3.55. The molecule has 4 heteroatoms. The Labute approximate surface area is 96.7 Å². The SMILES string of the molecule is OCC1CCN(Cc2ccc(Br)s2)C1. The molecule has 1 unspecified atom stereocenters. The molecule has 14 heavy (non-hydrogen) atoms. The molecule has 0 aromatic carbocycles. The Balaban J connectivity index is 1.87. The number of hydrogen-bond donors (Lipinski definition) is 1. The molecule has 2 nitrogen and oxygen atoms in total. The van der Waals surface area contributed by atoms with Crippen molar-refractivity contribution in [2.24, 2.45) is 5.92 Å². The van der Waals surface area contributed by atoms with Gasteiger partial charge in [0.15, 0.2) is 0 Å². The van der Waals surface area contributed by atoms with Crippen molar-refractivity contribution >= 4 is 27.3 Å². The summed E-state index contributed by atoms with van der Waals surface area (Å²) in [4.78, 5) is 3.81. The second-order valence-corrected chi connectivity index (χ2v) is 6.33. The molecule has 1 aromatic rings. The number of nitrogens with zero attached hydrogens (tertiary/aromatic N) is 1. The molecule has 0 radical (unpaired) electrons. The molecule has 1 atom stereocenters. The van der Waals surface area contributed by atoms with Crippen LogP contribution in [-0.2, 0) is 6.54 Å². The highest BCUT2D eigenvalue weighted by atomic mass is 79.9. The summed E-state index contributed by atoms with van der Waals surface area (Å²) < 4.78 is 1.20. The highest BCUT2D eigenvalue weighted by Crippen LogP contribution is 2.25. The molecule has 78 valence electrons. The van der Waals surface area contributed by atoms with Crippen LogP contribution >= 0.6 is 27.3 Å². The number of likely N-dealkylation sites (tertiary alicyclic amines) is 1. The van der Waals surface area contributed by atoms with Crippen molar-refractivity contribution in [3.05, 3.63) is 20.8 Å². The van der Waals surface area contributed by atoms with E-state index < -0.39 is 0 Å². The Hall–Kier alpha value is 0.1000. The fourth-order valence-electron chi connectivity index (χ4n) is 1.86. The average Bonchev–Trinajstić information content (AvgIpc) is 2.76. The maximum absolute atomic E-state index is 9.02. The van der Waals surface area contributed by atoms with Gasteiger partial charge >= 0.3 is 0 Å². The predicted octanol–water partition coefficient (Wildman–Crippen LogP) is 2.32. The molecule has 1 aromatic heterocycles. The van der Waals surface area contributed by atoms with Gasteiger partial charge in [-0.2, -0.15) is 0 Å². The fourth-order valence-corrected chi connectivity index (χ4v) is 3.39. The van der Waals surface area contributed by atoms with Crippen LogP contribution in [-0.4, -0.2) is 29.7 Å². The van der Waals surface area contributed by atoms with Crippen LogP contribution in [0.5, 0.6) is 0 Å². The van der Waals surface area contributed by atoms with Gasteiger partial charge in [0.05, 0.1) is 3.79 Å². The van der Waals surface area contributed by atoms with Gasteiger partial charge in [0, 0.05) is 24.6 Å². The lowest BCUT2D eigenvalue weighted by Gasteiger charge is -2.13. The molecule has 0 amide bonds. The van der Waals surface area contributed by atoms with Crippen molar-refractivity contribution in [3.63, 3.8) is 0 Å². The average molecular weight is 276 g/mol. The molecule has 1 aliphatic rings. The van der Waals surface area contributed by atoms with E-state index in [0.717, 1.165) is 26.1 Å². The minimum absolute atomic E-state index is 0.338. The van der Waals surface area contributed by atoms with E-state index >= 15 is 0 Å². The van der Waals surface area contributed by atoms with Gasteiger partial charge in [-0.3, -0.25) is 4.90 Å². The van der Waals surface area contributed by atoms with Gasteiger partial charge < -0.3 is 5.11 Å². The zero-order valence-corrected chi connectivity index (χ0v) is 10.4. The Morgan fingerprint density at radius 2 is 2.43 bits per heavy atom. The van der Waals surface area contributed by atoms with E-state index in [1.807, 2.05) is 0 Å². The fraction of sp³-hybridized carbons (Fsp3) is 0.600. The van der Waals surface area contributed by atoms with Crippen molar-refractivity contribution in [2.45, 2.75) is 13.0 Å². The van der Waals surface area contributed by atoms with E-state index in [-0.39, 0.29) is 0 Å². The summed E-state index contributed by atoms with van der Waals surface area (Å²) in [7, 11) is 0. The lowest BCUT2D eigenvalue weighted by atomic mass is 10.1. The van der Waals surface area contributed by atoms with Crippen LogP contribution in [0.4, 0.5) is 0 Å². The zero-order valence-electron chi connectivity index (χ0n) is 7.95. The summed E-state index contributed by atoms with van der Waals surface area (Å²) in [5.74, 6) is 0.499. The van der Waals surface area contributed by atoms with Crippen molar-refractivity contribution in [3.8, 4) is 0 Å². The molecule has 0 bridgehead atoms. The van der Waals surface area contributed by atoms with E-state index in [4.69, 9.17) is 5.11 Å². The van der Waals surface area contributed by atoms with Gasteiger partial charge in [-0.05, 0) is 46.9 Å². The minimum Gasteiger partial charge on any atom is -0.396 e. The summed E-state index contributed by atoms with van der Waals surface area (Å²) in [6, 6.07) is 4.26. The first-order valence-electron chi connectivity index (χ1n) is 4.85. The van der Waals surface area contributed by atoms with Crippen LogP contribution in [0.2, 0.25) is 0 Å². The lowest BCUT2D eigenvalue weighted by Crippen LogP contribution is -2.20. The molecule has 1 fully saturated rings. The Bertz CT molecular complexity index is 302. The predicted molar refractivity (Wildman–Crippen MR) is 62.5 cm³/mol. The van der Waals surface area contributed by atoms with Gasteiger partial charge in [0.2, 0.25) is 0 Å². The van der Waals surface area contributed by atoms with E-state index in [1.165, 1.54) is 8.66 Å². The molecule has 0 saturated carbocycles. The number of halogens is 1. The Kier molecular flexibility index (Phi) is 3.60. The third-order valence-electron chi connectivity index (χ3n) is 2.64. The van der Waals surface area contributed by atoms with E-state index in [1.54, 1.807) is 11.3 Å². The topological polar surface area (TPSA) is 23.5 Å². The van der Waals surface area contributed by atoms with E-state index in [2.05, 4.69) is 33.0 Å². The number of rotatable bonds is 3. The second-order valence-electron chi connectivity index (χ2n) is 3.78. The van der Waals surface area contributed by atoms with Crippen molar-refractivity contribution < 1.29 is 5.11 Å². The molecular weight excluding hydrogens is 262 g/mol. The number of aliphatic hydroxyl groups is 1. The molecule has 2 rings (SSSR count). The van der Waals surface area contributed by atoms with E-state index in [9.17, 15) is 0 Å².